The van der Waals surface area contributed by atoms with Crippen LogP contribution in [0.1, 0.15) is 25.8 Å². The normalized spacial score (nSPS) is 13.3. The Labute approximate surface area is 102 Å². The van der Waals surface area contributed by atoms with Crippen molar-refractivity contribution in [3.05, 3.63) is 35.6 Å². The van der Waals surface area contributed by atoms with Crippen LogP contribution in [0.2, 0.25) is 0 Å². The molecule has 1 rings (SSSR count). The van der Waals surface area contributed by atoms with Crippen LogP contribution in [0.15, 0.2) is 29.3 Å². The van der Waals surface area contributed by atoms with Crippen molar-refractivity contribution in [3.63, 3.8) is 0 Å². The first kappa shape index (κ1) is 13.5. The number of hydrogen-bond acceptors (Lipinski definition) is 1. The molecule has 3 nitrogen and oxygen atoms in total. The van der Waals surface area contributed by atoms with Crippen LogP contribution in [0.4, 0.5) is 4.39 Å². The van der Waals surface area contributed by atoms with Crippen LogP contribution in [-0.4, -0.2) is 19.0 Å². The Morgan fingerprint density at radius 1 is 1.41 bits per heavy atom. The lowest BCUT2D eigenvalue weighted by molar-refractivity contribution is 0.597. The Morgan fingerprint density at radius 3 is 2.71 bits per heavy atom. The number of benzene rings is 1. The van der Waals surface area contributed by atoms with E-state index >= 15 is 0 Å². The van der Waals surface area contributed by atoms with Crippen molar-refractivity contribution in [1.29, 1.82) is 0 Å². The van der Waals surface area contributed by atoms with Gasteiger partial charge in [0.05, 0.1) is 0 Å². The molecule has 0 radical (unpaired) electrons. The van der Waals surface area contributed by atoms with Crippen LogP contribution < -0.4 is 10.6 Å². The molecule has 0 saturated heterocycles. The van der Waals surface area contributed by atoms with E-state index in [-0.39, 0.29) is 5.82 Å². The van der Waals surface area contributed by atoms with Crippen molar-refractivity contribution in [1.82, 2.24) is 10.6 Å². The molecule has 1 aromatic rings. The third-order valence-corrected chi connectivity index (χ3v) is 2.62. The molecular weight excluding hydrogens is 217 g/mol. The summed E-state index contributed by atoms with van der Waals surface area (Å²) in [6.07, 6.45) is 1.01. The molecule has 0 aliphatic carbocycles. The molecule has 0 spiro atoms. The Morgan fingerprint density at radius 2 is 2.12 bits per heavy atom. The molecule has 1 atom stereocenters. The highest BCUT2D eigenvalue weighted by Gasteiger charge is 2.04. The molecule has 0 fully saturated rings. The Hall–Kier alpha value is -1.58. The summed E-state index contributed by atoms with van der Waals surface area (Å²) >= 11 is 0. The van der Waals surface area contributed by atoms with Crippen LogP contribution in [0, 0.1) is 5.82 Å². The standard InChI is InChI=1S/C13H20FN3/c1-4-10(2)17-13(15-3)16-9-11-7-5-6-8-12(11)14/h5-8,10H,4,9H2,1-3H3,(H2,15,16,17). The third kappa shape index (κ3) is 4.43. The van der Waals surface area contributed by atoms with E-state index in [0.717, 1.165) is 6.42 Å². The number of halogens is 1. The van der Waals surface area contributed by atoms with Gasteiger partial charge in [0.2, 0.25) is 0 Å². The van der Waals surface area contributed by atoms with Gasteiger partial charge in [-0.15, -0.1) is 0 Å². The van der Waals surface area contributed by atoms with Crippen molar-refractivity contribution in [3.8, 4) is 0 Å². The maximum atomic E-state index is 13.4. The summed E-state index contributed by atoms with van der Waals surface area (Å²) in [5, 5.41) is 6.31. The van der Waals surface area contributed by atoms with Crippen molar-refractivity contribution in [2.75, 3.05) is 7.05 Å². The maximum absolute atomic E-state index is 13.4. The average Bonchev–Trinajstić information content (AvgIpc) is 2.35. The van der Waals surface area contributed by atoms with E-state index in [1.807, 2.05) is 6.07 Å². The van der Waals surface area contributed by atoms with Crippen LogP contribution >= 0.6 is 0 Å². The highest BCUT2D eigenvalue weighted by Crippen LogP contribution is 2.05. The number of aliphatic imine (C=N–C) groups is 1. The smallest absolute Gasteiger partial charge is 0.191 e. The molecule has 0 aromatic heterocycles. The number of guanidine groups is 1. The minimum Gasteiger partial charge on any atom is -0.354 e. The molecule has 0 bridgehead atoms. The second-order valence-electron chi connectivity index (χ2n) is 3.97. The van der Waals surface area contributed by atoms with Crippen molar-refractivity contribution < 1.29 is 4.39 Å². The fourth-order valence-electron chi connectivity index (χ4n) is 1.35. The molecule has 2 N–H and O–H groups in total. The summed E-state index contributed by atoms with van der Waals surface area (Å²) < 4.78 is 13.4. The van der Waals surface area contributed by atoms with E-state index in [9.17, 15) is 4.39 Å². The largest absolute Gasteiger partial charge is 0.354 e. The van der Waals surface area contributed by atoms with Crippen molar-refractivity contribution in [2.24, 2.45) is 4.99 Å². The molecule has 0 aliphatic heterocycles. The highest BCUT2D eigenvalue weighted by molar-refractivity contribution is 5.79. The van der Waals surface area contributed by atoms with E-state index < -0.39 is 0 Å². The predicted molar refractivity (Wildman–Crippen MR) is 69.5 cm³/mol. The van der Waals surface area contributed by atoms with Gasteiger partial charge in [-0.3, -0.25) is 4.99 Å². The van der Waals surface area contributed by atoms with Gasteiger partial charge < -0.3 is 10.6 Å². The topological polar surface area (TPSA) is 36.4 Å². The lowest BCUT2D eigenvalue weighted by Crippen LogP contribution is -2.41. The molecule has 1 aromatic carbocycles. The first-order chi connectivity index (χ1) is 8.17. The van der Waals surface area contributed by atoms with Gasteiger partial charge in [-0.2, -0.15) is 0 Å². The zero-order valence-corrected chi connectivity index (χ0v) is 10.6. The van der Waals surface area contributed by atoms with Gasteiger partial charge in [0.25, 0.3) is 0 Å². The Bertz CT molecular complexity index is 377. The first-order valence-corrected chi connectivity index (χ1v) is 5.88. The van der Waals surface area contributed by atoms with Crippen LogP contribution in [0.25, 0.3) is 0 Å². The molecule has 0 heterocycles. The first-order valence-electron chi connectivity index (χ1n) is 5.88. The second-order valence-corrected chi connectivity index (χ2v) is 3.97. The van der Waals surface area contributed by atoms with Gasteiger partial charge in [0, 0.05) is 25.2 Å². The summed E-state index contributed by atoms with van der Waals surface area (Å²) in [5.41, 5.74) is 0.639. The second kappa shape index (κ2) is 6.89. The summed E-state index contributed by atoms with van der Waals surface area (Å²) in [7, 11) is 1.71. The summed E-state index contributed by atoms with van der Waals surface area (Å²) in [6.45, 7) is 4.61. The minimum absolute atomic E-state index is 0.195. The van der Waals surface area contributed by atoms with Gasteiger partial charge in [0.1, 0.15) is 5.82 Å². The summed E-state index contributed by atoms with van der Waals surface area (Å²) in [4.78, 5) is 4.09. The molecular formula is C13H20FN3. The Kier molecular flexibility index (Phi) is 5.46. The predicted octanol–water partition coefficient (Wildman–Crippen LogP) is 2.29. The molecule has 0 saturated carbocycles. The van der Waals surface area contributed by atoms with Crippen molar-refractivity contribution >= 4 is 5.96 Å². The van der Waals surface area contributed by atoms with E-state index in [4.69, 9.17) is 0 Å². The number of nitrogens with zero attached hydrogens (tertiary/aromatic N) is 1. The van der Waals surface area contributed by atoms with Gasteiger partial charge in [-0.05, 0) is 19.4 Å². The fourth-order valence-corrected chi connectivity index (χ4v) is 1.35. The van der Waals surface area contributed by atoms with Gasteiger partial charge in [0.15, 0.2) is 5.96 Å². The molecule has 17 heavy (non-hydrogen) atoms. The summed E-state index contributed by atoms with van der Waals surface area (Å²) in [5.74, 6) is 0.501. The fraction of sp³-hybridized carbons (Fsp3) is 0.462. The van der Waals surface area contributed by atoms with Gasteiger partial charge >= 0.3 is 0 Å². The van der Waals surface area contributed by atoms with E-state index in [2.05, 4.69) is 29.5 Å². The quantitative estimate of drug-likeness (QED) is 0.622. The van der Waals surface area contributed by atoms with Crippen LogP contribution in [0.3, 0.4) is 0 Å². The molecule has 94 valence electrons. The molecule has 0 aliphatic rings. The Balaban J connectivity index is 2.52. The van der Waals surface area contributed by atoms with Crippen LogP contribution in [-0.2, 0) is 6.54 Å². The SMILES string of the molecule is CCC(C)NC(=NC)NCc1ccccc1F. The third-order valence-electron chi connectivity index (χ3n) is 2.62. The van der Waals surface area contributed by atoms with Crippen LogP contribution in [0.5, 0.6) is 0 Å². The van der Waals surface area contributed by atoms with E-state index in [1.54, 1.807) is 19.2 Å². The minimum atomic E-state index is -0.195. The van der Waals surface area contributed by atoms with E-state index in [1.165, 1.54) is 6.07 Å². The average molecular weight is 237 g/mol. The molecule has 0 amide bonds. The van der Waals surface area contributed by atoms with Gasteiger partial charge in [-0.1, -0.05) is 25.1 Å². The highest BCUT2D eigenvalue weighted by atomic mass is 19.1. The lowest BCUT2D eigenvalue weighted by atomic mass is 10.2. The number of hydrogen-bond donors (Lipinski definition) is 2. The molecule has 4 heteroatoms. The zero-order chi connectivity index (χ0) is 12.7. The zero-order valence-electron chi connectivity index (χ0n) is 10.6. The lowest BCUT2D eigenvalue weighted by Gasteiger charge is -2.16. The number of nitrogens with one attached hydrogen (secondary N) is 2. The number of rotatable bonds is 4. The summed E-state index contributed by atoms with van der Waals surface area (Å²) in [6, 6.07) is 7.08. The maximum Gasteiger partial charge on any atom is 0.191 e. The monoisotopic (exact) mass is 237 g/mol. The van der Waals surface area contributed by atoms with Crippen molar-refractivity contribution in [2.45, 2.75) is 32.9 Å². The van der Waals surface area contributed by atoms with Gasteiger partial charge in [-0.25, -0.2) is 4.39 Å². The van der Waals surface area contributed by atoms with E-state index in [0.29, 0.717) is 24.1 Å². The molecule has 1 unspecified atom stereocenters.